The maximum Gasteiger partial charge on any atom is 0.329 e. The molecular weight excluding hydrogens is 230 g/mol. The minimum absolute atomic E-state index is 0.310. The molecule has 0 amide bonds. The number of imidazole rings is 1. The Labute approximate surface area is 107 Å². The summed E-state index contributed by atoms with van der Waals surface area (Å²) in [5.74, 6) is 2.16. The molecule has 1 N–H and O–H groups in total. The number of ether oxygens (including phenoxy) is 1. The SMILES string of the molecule is C#CCNC(C(=O)OCC)c1cncn1C1CC1. The summed E-state index contributed by atoms with van der Waals surface area (Å²) in [6.07, 6.45) is 11.0. The Hall–Kier alpha value is -1.80. The molecule has 0 bridgehead atoms. The summed E-state index contributed by atoms with van der Waals surface area (Å²) >= 11 is 0. The summed E-state index contributed by atoms with van der Waals surface area (Å²) in [6.45, 7) is 2.46. The van der Waals surface area contributed by atoms with Crippen molar-refractivity contribution < 1.29 is 9.53 Å². The highest BCUT2D eigenvalue weighted by molar-refractivity contribution is 5.77. The van der Waals surface area contributed by atoms with Crippen LogP contribution in [0.15, 0.2) is 12.5 Å². The summed E-state index contributed by atoms with van der Waals surface area (Å²) in [5.41, 5.74) is 0.825. The fourth-order valence-electron chi connectivity index (χ4n) is 1.89. The molecule has 1 unspecified atom stereocenters. The molecule has 5 heteroatoms. The zero-order valence-electron chi connectivity index (χ0n) is 10.4. The number of rotatable bonds is 6. The summed E-state index contributed by atoms with van der Waals surface area (Å²) in [6, 6.07) is -0.0730. The van der Waals surface area contributed by atoms with Crippen LogP contribution in [0.2, 0.25) is 0 Å². The number of carbonyl (C=O) groups excluding carboxylic acids is 1. The van der Waals surface area contributed by atoms with E-state index in [-0.39, 0.29) is 5.97 Å². The van der Waals surface area contributed by atoms with Crippen LogP contribution in [0.25, 0.3) is 0 Å². The van der Waals surface area contributed by atoms with Crippen molar-refractivity contribution in [1.29, 1.82) is 0 Å². The molecular formula is C13H17N3O2. The third-order valence-electron chi connectivity index (χ3n) is 2.86. The van der Waals surface area contributed by atoms with Gasteiger partial charge in [0.15, 0.2) is 0 Å². The maximum absolute atomic E-state index is 11.9. The standard InChI is InChI=1S/C13H17N3O2/c1-3-7-15-12(13(17)18-4-2)11-8-14-9-16(11)10-5-6-10/h1,8-10,12,15H,4-7H2,2H3. The van der Waals surface area contributed by atoms with Gasteiger partial charge in [0.25, 0.3) is 0 Å². The number of hydrogen-bond acceptors (Lipinski definition) is 4. The monoisotopic (exact) mass is 247 g/mol. The quantitative estimate of drug-likeness (QED) is 0.603. The second-order valence-electron chi connectivity index (χ2n) is 4.23. The lowest BCUT2D eigenvalue weighted by molar-refractivity contribution is -0.146. The van der Waals surface area contributed by atoms with Gasteiger partial charge in [-0.3, -0.25) is 5.32 Å². The van der Waals surface area contributed by atoms with Gasteiger partial charge >= 0.3 is 5.97 Å². The van der Waals surface area contributed by atoms with Crippen LogP contribution in [0.1, 0.15) is 37.5 Å². The van der Waals surface area contributed by atoms with Crippen molar-refractivity contribution in [3.05, 3.63) is 18.2 Å². The lowest BCUT2D eigenvalue weighted by Gasteiger charge is -2.17. The van der Waals surface area contributed by atoms with Gasteiger partial charge in [0.2, 0.25) is 0 Å². The van der Waals surface area contributed by atoms with E-state index in [0.29, 0.717) is 19.2 Å². The van der Waals surface area contributed by atoms with E-state index in [1.807, 2.05) is 4.57 Å². The van der Waals surface area contributed by atoms with E-state index < -0.39 is 6.04 Å². The Balaban J connectivity index is 2.18. The van der Waals surface area contributed by atoms with Crippen molar-refractivity contribution in [3.8, 4) is 12.3 Å². The van der Waals surface area contributed by atoms with E-state index in [2.05, 4.69) is 16.2 Å². The highest BCUT2D eigenvalue weighted by atomic mass is 16.5. The predicted molar refractivity (Wildman–Crippen MR) is 66.7 cm³/mol. The Morgan fingerprint density at radius 3 is 3.17 bits per heavy atom. The maximum atomic E-state index is 11.9. The summed E-state index contributed by atoms with van der Waals surface area (Å²) < 4.78 is 7.10. The summed E-state index contributed by atoms with van der Waals surface area (Å²) in [7, 11) is 0. The number of carbonyl (C=O) groups is 1. The van der Waals surface area contributed by atoms with Gasteiger partial charge in [-0.15, -0.1) is 6.42 Å². The third-order valence-corrected chi connectivity index (χ3v) is 2.86. The van der Waals surface area contributed by atoms with Crippen LogP contribution in [-0.4, -0.2) is 28.7 Å². The molecule has 1 aliphatic rings. The number of hydrogen-bond donors (Lipinski definition) is 1. The van der Waals surface area contributed by atoms with Crippen LogP contribution >= 0.6 is 0 Å². The normalized spacial score (nSPS) is 16.0. The Kier molecular flexibility index (Phi) is 4.00. The minimum Gasteiger partial charge on any atom is -0.465 e. The van der Waals surface area contributed by atoms with Crippen molar-refractivity contribution in [1.82, 2.24) is 14.9 Å². The van der Waals surface area contributed by atoms with Crippen molar-refractivity contribution in [3.63, 3.8) is 0 Å². The van der Waals surface area contributed by atoms with Gasteiger partial charge in [-0.25, -0.2) is 9.78 Å². The topological polar surface area (TPSA) is 56.1 Å². The fraction of sp³-hybridized carbons (Fsp3) is 0.538. The molecule has 96 valence electrons. The zero-order valence-corrected chi connectivity index (χ0v) is 10.4. The van der Waals surface area contributed by atoms with E-state index in [1.165, 1.54) is 0 Å². The van der Waals surface area contributed by atoms with Gasteiger partial charge in [0.1, 0.15) is 6.04 Å². The molecule has 1 aromatic rings. The van der Waals surface area contributed by atoms with Gasteiger partial charge < -0.3 is 9.30 Å². The highest BCUT2D eigenvalue weighted by Crippen LogP contribution is 2.37. The third kappa shape index (κ3) is 2.71. The van der Waals surface area contributed by atoms with E-state index in [9.17, 15) is 4.79 Å². The largest absolute Gasteiger partial charge is 0.465 e. The average Bonchev–Trinajstić information content (AvgIpc) is 3.10. The highest BCUT2D eigenvalue weighted by Gasteiger charge is 2.31. The lowest BCUT2D eigenvalue weighted by Crippen LogP contribution is -2.32. The van der Waals surface area contributed by atoms with E-state index >= 15 is 0 Å². The van der Waals surface area contributed by atoms with Crippen LogP contribution in [0.4, 0.5) is 0 Å². The molecule has 18 heavy (non-hydrogen) atoms. The molecule has 1 saturated carbocycles. The first-order chi connectivity index (χ1) is 8.77. The minimum atomic E-state index is -0.538. The molecule has 0 spiro atoms. The molecule has 5 nitrogen and oxygen atoms in total. The molecule has 0 saturated heterocycles. The van der Waals surface area contributed by atoms with Gasteiger partial charge in [-0.1, -0.05) is 5.92 Å². The Morgan fingerprint density at radius 2 is 2.56 bits per heavy atom. The van der Waals surface area contributed by atoms with E-state index in [4.69, 9.17) is 11.2 Å². The van der Waals surface area contributed by atoms with Crippen LogP contribution in [0, 0.1) is 12.3 Å². The molecule has 0 aromatic carbocycles. The van der Waals surface area contributed by atoms with E-state index in [1.54, 1.807) is 19.4 Å². The Bertz CT molecular complexity index is 457. The predicted octanol–water partition coefficient (Wildman–Crippen LogP) is 1.04. The first-order valence-corrected chi connectivity index (χ1v) is 6.13. The van der Waals surface area contributed by atoms with Gasteiger partial charge in [0.05, 0.1) is 31.4 Å². The second kappa shape index (κ2) is 5.69. The zero-order chi connectivity index (χ0) is 13.0. The van der Waals surface area contributed by atoms with Crippen LogP contribution in [0.3, 0.4) is 0 Å². The molecule has 1 atom stereocenters. The van der Waals surface area contributed by atoms with Crippen molar-refractivity contribution in [2.75, 3.05) is 13.2 Å². The second-order valence-corrected chi connectivity index (χ2v) is 4.23. The van der Waals surface area contributed by atoms with Crippen LogP contribution in [0.5, 0.6) is 0 Å². The summed E-state index contributed by atoms with van der Waals surface area (Å²) in [5, 5.41) is 3.01. The molecule has 0 radical (unpaired) electrons. The first-order valence-electron chi connectivity index (χ1n) is 6.13. The van der Waals surface area contributed by atoms with E-state index in [0.717, 1.165) is 18.5 Å². The van der Waals surface area contributed by atoms with Gasteiger partial charge in [0, 0.05) is 6.04 Å². The first kappa shape index (κ1) is 12.7. The molecule has 2 rings (SSSR count). The lowest BCUT2D eigenvalue weighted by atomic mass is 10.2. The number of nitrogens with zero attached hydrogens (tertiary/aromatic N) is 2. The molecule has 1 aliphatic carbocycles. The molecule has 1 fully saturated rings. The number of aromatic nitrogens is 2. The number of terminal acetylenes is 1. The molecule has 1 aromatic heterocycles. The number of nitrogens with one attached hydrogen (secondary N) is 1. The smallest absolute Gasteiger partial charge is 0.329 e. The van der Waals surface area contributed by atoms with Crippen molar-refractivity contribution in [2.45, 2.75) is 31.8 Å². The van der Waals surface area contributed by atoms with Crippen LogP contribution < -0.4 is 5.32 Å². The summed E-state index contributed by atoms with van der Waals surface area (Å²) in [4.78, 5) is 16.1. The fourth-order valence-corrected chi connectivity index (χ4v) is 1.89. The van der Waals surface area contributed by atoms with Crippen LogP contribution in [-0.2, 0) is 9.53 Å². The van der Waals surface area contributed by atoms with Gasteiger partial charge in [-0.05, 0) is 19.8 Å². The Morgan fingerprint density at radius 1 is 1.78 bits per heavy atom. The molecule has 0 aliphatic heterocycles. The van der Waals surface area contributed by atoms with Gasteiger partial charge in [-0.2, -0.15) is 0 Å². The molecule has 1 heterocycles. The van der Waals surface area contributed by atoms with Crippen molar-refractivity contribution in [2.24, 2.45) is 0 Å². The number of esters is 1. The average molecular weight is 247 g/mol. The van der Waals surface area contributed by atoms with Crippen molar-refractivity contribution >= 4 is 5.97 Å².